The number of hydrogen-bond acceptors (Lipinski definition) is 6. The van der Waals surface area contributed by atoms with E-state index in [0.717, 1.165) is 65.7 Å². The van der Waals surface area contributed by atoms with Gasteiger partial charge in [-0.15, -0.1) is 0 Å². The number of hydrogen-bond donors (Lipinski definition) is 0. The molecule has 7 nitrogen and oxygen atoms in total. The van der Waals surface area contributed by atoms with E-state index in [1.54, 1.807) is 6.26 Å². The van der Waals surface area contributed by atoms with Gasteiger partial charge in [0.05, 0.1) is 24.5 Å². The summed E-state index contributed by atoms with van der Waals surface area (Å²) in [6.45, 7) is 9.92. The fourth-order valence-electron chi connectivity index (χ4n) is 3.92. The van der Waals surface area contributed by atoms with E-state index < -0.39 is 0 Å². The minimum atomic E-state index is -0.0771. The molecule has 148 valence electrons. The minimum Gasteiger partial charge on any atom is -0.469 e. The molecule has 7 heteroatoms. The molecule has 1 aliphatic heterocycles. The summed E-state index contributed by atoms with van der Waals surface area (Å²) < 4.78 is 12.6. The molecule has 0 radical (unpaired) electrons. The van der Waals surface area contributed by atoms with Crippen LogP contribution in [0.5, 0.6) is 0 Å². The second kappa shape index (κ2) is 7.30. The highest BCUT2D eigenvalue weighted by Crippen LogP contribution is 2.31. The largest absolute Gasteiger partial charge is 0.469 e. The fourth-order valence-corrected chi connectivity index (χ4v) is 3.92. The third-order valence-electron chi connectivity index (χ3n) is 5.60. The summed E-state index contributed by atoms with van der Waals surface area (Å²) in [5, 5.41) is 4.84. The Bertz CT molecular complexity index is 1010. The van der Waals surface area contributed by atoms with Gasteiger partial charge in [0.2, 0.25) is 0 Å². The van der Waals surface area contributed by atoms with Gasteiger partial charge in [0.1, 0.15) is 11.6 Å². The molecule has 0 bridgehead atoms. The van der Waals surface area contributed by atoms with Crippen LogP contribution >= 0.6 is 0 Å². The Labute approximate surface area is 164 Å². The number of esters is 1. The Hall–Kier alpha value is -2.83. The Morgan fingerprint density at radius 2 is 2.04 bits per heavy atom. The van der Waals surface area contributed by atoms with E-state index in [1.807, 2.05) is 37.4 Å². The van der Waals surface area contributed by atoms with Crippen molar-refractivity contribution in [2.45, 2.75) is 40.5 Å². The van der Waals surface area contributed by atoms with Crippen molar-refractivity contribution in [3.8, 4) is 11.3 Å². The highest BCUT2D eigenvalue weighted by atomic mass is 16.5. The molecule has 1 saturated heterocycles. The molecular weight excluding hydrogens is 356 g/mol. The van der Waals surface area contributed by atoms with Crippen LogP contribution in [0.15, 0.2) is 22.8 Å². The lowest BCUT2D eigenvalue weighted by Crippen LogP contribution is -2.38. The number of anilines is 1. The van der Waals surface area contributed by atoms with E-state index in [9.17, 15) is 4.79 Å². The van der Waals surface area contributed by atoms with E-state index in [4.69, 9.17) is 19.2 Å². The smallest absolute Gasteiger partial charge is 0.309 e. The molecule has 4 heterocycles. The summed E-state index contributed by atoms with van der Waals surface area (Å²) >= 11 is 0. The third-order valence-corrected chi connectivity index (χ3v) is 5.60. The van der Waals surface area contributed by atoms with Gasteiger partial charge in [-0.05, 0) is 46.6 Å². The van der Waals surface area contributed by atoms with Gasteiger partial charge in [0, 0.05) is 36.0 Å². The second-order valence-electron chi connectivity index (χ2n) is 7.35. The molecule has 3 aromatic heterocycles. The average Bonchev–Trinajstić information content (AvgIpc) is 3.29. The van der Waals surface area contributed by atoms with Crippen LogP contribution in [0.4, 0.5) is 5.82 Å². The lowest BCUT2D eigenvalue weighted by molar-refractivity contribution is -0.148. The van der Waals surface area contributed by atoms with Gasteiger partial charge in [0.25, 0.3) is 0 Å². The maximum absolute atomic E-state index is 12.1. The standard InChI is InChI=1S/C21H26N4O3/c1-5-27-21(26)16-6-9-24(10-7-16)20-13(2)14(3)22-19-12-18(23-25(19)20)17-8-11-28-15(17)4/h8,11-12,16H,5-7,9-10H2,1-4H3. The summed E-state index contributed by atoms with van der Waals surface area (Å²) in [5.74, 6) is 1.80. The van der Waals surface area contributed by atoms with E-state index in [-0.39, 0.29) is 11.9 Å². The number of carbonyl (C=O) groups excluding carboxylic acids is 1. The Kier molecular flexibility index (Phi) is 4.83. The molecule has 1 fully saturated rings. The zero-order valence-electron chi connectivity index (χ0n) is 16.9. The van der Waals surface area contributed by atoms with Gasteiger partial charge >= 0.3 is 5.97 Å². The number of aryl methyl sites for hydroxylation is 2. The lowest BCUT2D eigenvalue weighted by Gasteiger charge is -2.33. The highest BCUT2D eigenvalue weighted by Gasteiger charge is 2.28. The van der Waals surface area contributed by atoms with Crippen molar-refractivity contribution in [3.63, 3.8) is 0 Å². The van der Waals surface area contributed by atoms with Crippen LogP contribution < -0.4 is 4.90 Å². The summed E-state index contributed by atoms with van der Waals surface area (Å²) in [5.41, 5.74) is 4.76. The predicted octanol–water partition coefficient (Wildman–Crippen LogP) is 3.69. The highest BCUT2D eigenvalue weighted by molar-refractivity contribution is 5.73. The van der Waals surface area contributed by atoms with Crippen molar-refractivity contribution in [2.75, 3.05) is 24.6 Å². The van der Waals surface area contributed by atoms with Crippen LogP contribution in [0.3, 0.4) is 0 Å². The van der Waals surface area contributed by atoms with Gasteiger partial charge in [-0.3, -0.25) is 4.79 Å². The molecule has 0 unspecified atom stereocenters. The van der Waals surface area contributed by atoms with Crippen LogP contribution in [0.25, 0.3) is 16.9 Å². The second-order valence-corrected chi connectivity index (χ2v) is 7.35. The molecule has 0 atom stereocenters. The lowest BCUT2D eigenvalue weighted by atomic mass is 9.96. The SMILES string of the molecule is CCOC(=O)C1CCN(c2c(C)c(C)nc3cc(-c4ccoc4C)nn23)CC1. The Balaban J connectivity index is 1.69. The van der Waals surface area contributed by atoms with Gasteiger partial charge in [-0.25, -0.2) is 4.98 Å². The molecule has 4 rings (SSSR count). The summed E-state index contributed by atoms with van der Waals surface area (Å²) in [6, 6.07) is 3.93. The molecule has 0 spiro atoms. The van der Waals surface area contributed by atoms with Crippen molar-refractivity contribution in [3.05, 3.63) is 35.4 Å². The molecule has 3 aromatic rings. The number of piperidine rings is 1. The number of aromatic nitrogens is 3. The van der Waals surface area contributed by atoms with Gasteiger partial charge < -0.3 is 14.1 Å². The number of fused-ring (bicyclic) bond motifs is 1. The summed E-state index contributed by atoms with van der Waals surface area (Å²) in [4.78, 5) is 19.1. The van der Waals surface area contributed by atoms with Crippen molar-refractivity contribution >= 4 is 17.4 Å². The van der Waals surface area contributed by atoms with Crippen molar-refractivity contribution < 1.29 is 13.9 Å². The first kappa shape index (κ1) is 18.5. The minimum absolute atomic E-state index is 0.0170. The van der Waals surface area contributed by atoms with Crippen molar-refractivity contribution in [1.29, 1.82) is 0 Å². The van der Waals surface area contributed by atoms with Crippen LogP contribution in [0.2, 0.25) is 0 Å². The number of ether oxygens (including phenoxy) is 1. The maximum atomic E-state index is 12.1. The molecule has 0 aliphatic carbocycles. The first-order chi connectivity index (χ1) is 13.5. The third kappa shape index (κ3) is 3.15. The van der Waals surface area contributed by atoms with Gasteiger partial charge in [-0.2, -0.15) is 9.61 Å². The Morgan fingerprint density at radius 1 is 1.29 bits per heavy atom. The maximum Gasteiger partial charge on any atom is 0.309 e. The summed E-state index contributed by atoms with van der Waals surface area (Å²) in [7, 11) is 0. The van der Waals surface area contributed by atoms with Crippen LogP contribution in [-0.2, 0) is 9.53 Å². The number of rotatable bonds is 4. The molecular formula is C21H26N4O3. The normalized spacial score (nSPS) is 15.4. The zero-order chi connectivity index (χ0) is 19.8. The first-order valence-electron chi connectivity index (χ1n) is 9.82. The van der Waals surface area contributed by atoms with E-state index >= 15 is 0 Å². The van der Waals surface area contributed by atoms with Crippen molar-refractivity contribution in [1.82, 2.24) is 14.6 Å². The van der Waals surface area contributed by atoms with Crippen LogP contribution in [0.1, 0.15) is 36.8 Å². The topological polar surface area (TPSA) is 72.9 Å². The van der Waals surface area contributed by atoms with E-state index in [1.165, 1.54) is 0 Å². The van der Waals surface area contributed by atoms with Crippen molar-refractivity contribution in [2.24, 2.45) is 5.92 Å². The molecule has 0 aromatic carbocycles. The zero-order valence-corrected chi connectivity index (χ0v) is 16.9. The molecule has 0 N–H and O–H groups in total. The fraction of sp³-hybridized carbons (Fsp3) is 0.476. The van der Waals surface area contributed by atoms with Crippen LogP contribution in [-0.4, -0.2) is 40.3 Å². The summed E-state index contributed by atoms with van der Waals surface area (Å²) in [6.07, 6.45) is 3.26. The van der Waals surface area contributed by atoms with E-state index in [0.29, 0.717) is 6.61 Å². The molecule has 28 heavy (non-hydrogen) atoms. The van der Waals surface area contributed by atoms with Crippen LogP contribution in [0, 0.1) is 26.7 Å². The molecule has 0 saturated carbocycles. The first-order valence-corrected chi connectivity index (χ1v) is 9.82. The van der Waals surface area contributed by atoms with E-state index in [2.05, 4.69) is 11.8 Å². The number of carbonyl (C=O) groups is 1. The molecule has 1 aliphatic rings. The average molecular weight is 382 g/mol. The Morgan fingerprint density at radius 3 is 2.68 bits per heavy atom. The molecule has 0 amide bonds. The van der Waals surface area contributed by atoms with Gasteiger partial charge in [-0.1, -0.05) is 0 Å². The monoisotopic (exact) mass is 382 g/mol. The predicted molar refractivity (Wildman–Crippen MR) is 106 cm³/mol. The number of nitrogens with zero attached hydrogens (tertiary/aromatic N) is 4. The van der Waals surface area contributed by atoms with Gasteiger partial charge in [0.15, 0.2) is 5.65 Å². The quantitative estimate of drug-likeness (QED) is 0.641. The number of furan rings is 1.